The monoisotopic (exact) mass is 149 g/mol. The number of fused-ring (bicyclic) bond motifs is 1. The summed E-state index contributed by atoms with van der Waals surface area (Å²) < 4.78 is 0. The Morgan fingerprint density at radius 2 is 2.36 bits per heavy atom. The molecule has 0 fully saturated rings. The van der Waals surface area contributed by atoms with E-state index in [1.54, 1.807) is 12.3 Å². The first-order valence-electron chi connectivity index (χ1n) is 3.30. The van der Waals surface area contributed by atoms with E-state index >= 15 is 0 Å². The van der Waals surface area contributed by atoms with Crippen molar-refractivity contribution in [3.8, 4) is 0 Å². The third-order valence-electron chi connectivity index (χ3n) is 1.57. The lowest BCUT2D eigenvalue weighted by atomic mass is 10.3. The van der Waals surface area contributed by atoms with Gasteiger partial charge in [-0.1, -0.05) is 0 Å². The van der Waals surface area contributed by atoms with Crippen molar-refractivity contribution in [2.75, 3.05) is 0 Å². The number of nitrogens with one attached hydrogen (secondary N) is 2. The smallest absolute Gasteiger partial charge is 0.207 e. The van der Waals surface area contributed by atoms with E-state index in [0.29, 0.717) is 5.52 Å². The maximum atomic E-state index is 11.2. The van der Waals surface area contributed by atoms with E-state index in [1.807, 2.05) is 6.92 Å². The van der Waals surface area contributed by atoms with Crippen LogP contribution in [-0.2, 0) is 0 Å². The molecular formula is C7H7N3O. The number of aromatic nitrogens is 3. The third kappa shape index (κ3) is 0.832. The molecule has 4 nitrogen and oxygen atoms in total. The Kier molecular flexibility index (Phi) is 1.09. The van der Waals surface area contributed by atoms with Gasteiger partial charge in [-0.25, -0.2) is 0 Å². The zero-order valence-electron chi connectivity index (χ0n) is 6.01. The van der Waals surface area contributed by atoms with Gasteiger partial charge in [-0.3, -0.25) is 9.89 Å². The summed E-state index contributed by atoms with van der Waals surface area (Å²) in [5, 5.41) is 6.37. The summed E-state index contributed by atoms with van der Waals surface area (Å²) in [4.78, 5) is 14.2. The summed E-state index contributed by atoms with van der Waals surface area (Å²) in [6, 6.07) is 1.54. The Morgan fingerprint density at radius 3 is 3.18 bits per heavy atom. The fourth-order valence-corrected chi connectivity index (χ4v) is 1.09. The lowest BCUT2D eigenvalue weighted by molar-refractivity contribution is 1.11. The van der Waals surface area contributed by atoms with Gasteiger partial charge >= 0.3 is 0 Å². The molecule has 0 aromatic carbocycles. The quantitative estimate of drug-likeness (QED) is 0.574. The van der Waals surface area contributed by atoms with Crippen LogP contribution in [0.2, 0.25) is 0 Å². The summed E-state index contributed by atoms with van der Waals surface area (Å²) in [6.45, 7) is 1.84. The average Bonchev–Trinajstić information content (AvgIpc) is 2.34. The van der Waals surface area contributed by atoms with Gasteiger partial charge in [0.25, 0.3) is 0 Å². The number of pyridine rings is 1. The van der Waals surface area contributed by atoms with E-state index in [-0.39, 0.29) is 5.43 Å². The van der Waals surface area contributed by atoms with Gasteiger partial charge in [0.1, 0.15) is 5.52 Å². The second-order valence-corrected chi connectivity index (χ2v) is 2.48. The van der Waals surface area contributed by atoms with E-state index < -0.39 is 0 Å². The van der Waals surface area contributed by atoms with Gasteiger partial charge in [-0.15, -0.1) is 0 Å². The van der Waals surface area contributed by atoms with E-state index in [1.165, 1.54) is 0 Å². The number of rotatable bonds is 0. The van der Waals surface area contributed by atoms with Crippen LogP contribution in [0.25, 0.3) is 11.0 Å². The largest absolute Gasteiger partial charge is 0.356 e. The molecule has 2 rings (SSSR count). The highest BCUT2D eigenvalue weighted by Gasteiger charge is 1.99. The summed E-state index contributed by atoms with van der Waals surface area (Å²) in [5.41, 5.74) is 2.13. The van der Waals surface area contributed by atoms with Crippen LogP contribution < -0.4 is 5.43 Å². The number of hydrogen-bond donors (Lipinski definition) is 2. The van der Waals surface area contributed by atoms with Gasteiger partial charge in [-0.05, 0) is 6.92 Å². The molecule has 0 unspecified atom stereocenters. The van der Waals surface area contributed by atoms with Crippen LogP contribution in [0.15, 0.2) is 17.1 Å². The molecule has 0 bridgehead atoms. The predicted molar refractivity (Wildman–Crippen MR) is 41.5 cm³/mol. The fraction of sp³-hybridized carbons (Fsp3) is 0.143. The molecule has 0 atom stereocenters. The van der Waals surface area contributed by atoms with Gasteiger partial charge in [-0.2, -0.15) is 5.10 Å². The Hall–Kier alpha value is -1.58. The van der Waals surface area contributed by atoms with Crippen LogP contribution in [0.4, 0.5) is 0 Å². The highest BCUT2D eigenvalue weighted by Crippen LogP contribution is 2.01. The maximum absolute atomic E-state index is 11.2. The molecular weight excluding hydrogens is 142 g/mol. The normalized spacial score (nSPS) is 10.6. The zero-order valence-corrected chi connectivity index (χ0v) is 6.01. The SMILES string of the molecule is Cc1cc(=O)c2[nH]ncc2[nH]1. The van der Waals surface area contributed by atoms with Crippen LogP contribution >= 0.6 is 0 Å². The lowest BCUT2D eigenvalue weighted by Crippen LogP contribution is -2.01. The molecule has 4 heteroatoms. The van der Waals surface area contributed by atoms with Gasteiger partial charge in [0.15, 0.2) is 0 Å². The topological polar surface area (TPSA) is 61.5 Å². The second kappa shape index (κ2) is 1.95. The van der Waals surface area contributed by atoms with E-state index in [9.17, 15) is 4.79 Å². The average molecular weight is 149 g/mol. The van der Waals surface area contributed by atoms with Gasteiger partial charge in [0.05, 0.1) is 11.7 Å². The first-order valence-corrected chi connectivity index (χ1v) is 3.30. The van der Waals surface area contributed by atoms with Crippen molar-refractivity contribution in [1.29, 1.82) is 0 Å². The Morgan fingerprint density at radius 1 is 1.55 bits per heavy atom. The van der Waals surface area contributed by atoms with Crippen molar-refractivity contribution >= 4 is 11.0 Å². The molecule has 2 aromatic heterocycles. The van der Waals surface area contributed by atoms with Crippen molar-refractivity contribution < 1.29 is 0 Å². The Balaban J connectivity index is 3.02. The molecule has 0 aliphatic rings. The first kappa shape index (κ1) is 6.15. The minimum atomic E-state index is -0.0197. The first-order chi connectivity index (χ1) is 5.27. The molecule has 0 aliphatic carbocycles. The number of nitrogens with zero attached hydrogens (tertiary/aromatic N) is 1. The summed E-state index contributed by atoms with van der Waals surface area (Å²) in [7, 11) is 0. The van der Waals surface area contributed by atoms with Crippen LogP contribution in [0.5, 0.6) is 0 Å². The number of aromatic amines is 2. The standard InChI is InChI=1S/C7H7N3O/c1-4-2-6(11)7-5(9-4)3-8-10-7/h2-3H,1H3,(H,8,10)(H,9,11). The summed E-state index contributed by atoms with van der Waals surface area (Å²) in [5.74, 6) is 0. The summed E-state index contributed by atoms with van der Waals surface area (Å²) >= 11 is 0. The highest BCUT2D eigenvalue weighted by atomic mass is 16.1. The Bertz CT molecular complexity index is 440. The lowest BCUT2D eigenvalue weighted by Gasteiger charge is -1.90. The predicted octanol–water partition coefficient (Wildman–Crippen LogP) is 0.560. The maximum Gasteiger partial charge on any atom is 0.207 e. The number of aryl methyl sites for hydroxylation is 1. The van der Waals surface area contributed by atoms with Crippen molar-refractivity contribution in [3.05, 3.63) is 28.2 Å². The van der Waals surface area contributed by atoms with Crippen LogP contribution in [0, 0.1) is 6.92 Å². The van der Waals surface area contributed by atoms with Gasteiger partial charge in [0.2, 0.25) is 5.43 Å². The van der Waals surface area contributed by atoms with Gasteiger partial charge < -0.3 is 4.98 Å². The minimum absolute atomic E-state index is 0.0197. The zero-order chi connectivity index (χ0) is 7.84. The minimum Gasteiger partial charge on any atom is -0.356 e. The van der Waals surface area contributed by atoms with Crippen LogP contribution in [0.3, 0.4) is 0 Å². The fourth-order valence-electron chi connectivity index (χ4n) is 1.09. The molecule has 2 N–H and O–H groups in total. The molecule has 2 aromatic rings. The molecule has 0 amide bonds. The molecule has 0 saturated heterocycles. The van der Waals surface area contributed by atoms with Crippen molar-refractivity contribution in [1.82, 2.24) is 15.2 Å². The molecule has 0 spiro atoms. The number of hydrogen-bond acceptors (Lipinski definition) is 2. The van der Waals surface area contributed by atoms with Crippen molar-refractivity contribution in [3.63, 3.8) is 0 Å². The van der Waals surface area contributed by atoms with Crippen molar-refractivity contribution in [2.45, 2.75) is 6.92 Å². The highest BCUT2D eigenvalue weighted by molar-refractivity contribution is 5.72. The van der Waals surface area contributed by atoms with Gasteiger partial charge in [0, 0.05) is 11.8 Å². The Labute approximate surface area is 62.3 Å². The molecule has 0 saturated carbocycles. The number of H-pyrrole nitrogens is 2. The van der Waals surface area contributed by atoms with E-state index in [0.717, 1.165) is 11.2 Å². The summed E-state index contributed by atoms with van der Waals surface area (Å²) in [6.07, 6.45) is 1.60. The molecule has 0 aliphatic heterocycles. The third-order valence-corrected chi connectivity index (χ3v) is 1.57. The van der Waals surface area contributed by atoms with E-state index in [4.69, 9.17) is 0 Å². The molecule has 56 valence electrons. The van der Waals surface area contributed by atoms with Crippen LogP contribution in [0.1, 0.15) is 5.69 Å². The van der Waals surface area contributed by atoms with Crippen LogP contribution in [-0.4, -0.2) is 15.2 Å². The van der Waals surface area contributed by atoms with Crippen molar-refractivity contribution in [2.24, 2.45) is 0 Å². The molecule has 2 heterocycles. The molecule has 11 heavy (non-hydrogen) atoms. The second-order valence-electron chi connectivity index (χ2n) is 2.48. The van der Waals surface area contributed by atoms with E-state index in [2.05, 4.69) is 15.2 Å². The molecule has 0 radical (unpaired) electrons.